The lowest BCUT2D eigenvalue weighted by atomic mass is 9.92. The first-order valence-electron chi connectivity index (χ1n) is 6.67. The standard InChI is InChI=1S/C15H22O6/c1-7(2)9-11(16)12(21-15(17)18)10(8(3)4)14(20-6)13(9)19-5/h7-8,16H,1-6H3,(H,17,18). The summed E-state index contributed by atoms with van der Waals surface area (Å²) < 4.78 is 15.6. The van der Waals surface area contributed by atoms with Gasteiger partial charge in [-0.2, -0.15) is 0 Å². The van der Waals surface area contributed by atoms with Crippen molar-refractivity contribution >= 4 is 6.16 Å². The molecular formula is C15H22O6. The van der Waals surface area contributed by atoms with Gasteiger partial charge in [-0.05, 0) is 11.8 Å². The molecule has 2 N–H and O–H groups in total. The van der Waals surface area contributed by atoms with E-state index < -0.39 is 6.16 Å². The molecule has 118 valence electrons. The molecule has 21 heavy (non-hydrogen) atoms. The number of hydrogen-bond acceptors (Lipinski definition) is 5. The predicted molar refractivity (Wildman–Crippen MR) is 78.0 cm³/mol. The molecule has 6 nitrogen and oxygen atoms in total. The largest absolute Gasteiger partial charge is 0.511 e. The van der Waals surface area contributed by atoms with E-state index in [0.29, 0.717) is 22.6 Å². The van der Waals surface area contributed by atoms with Crippen LogP contribution in [0.1, 0.15) is 50.7 Å². The Morgan fingerprint density at radius 2 is 1.33 bits per heavy atom. The summed E-state index contributed by atoms with van der Waals surface area (Å²) in [7, 11) is 2.94. The van der Waals surface area contributed by atoms with Gasteiger partial charge >= 0.3 is 6.16 Å². The van der Waals surface area contributed by atoms with E-state index in [4.69, 9.17) is 19.3 Å². The van der Waals surface area contributed by atoms with E-state index in [9.17, 15) is 9.90 Å². The van der Waals surface area contributed by atoms with E-state index in [1.165, 1.54) is 14.2 Å². The van der Waals surface area contributed by atoms with Crippen molar-refractivity contribution in [2.75, 3.05) is 14.2 Å². The van der Waals surface area contributed by atoms with Crippen LogP contribution in [0.15, 0.2) is 0 Å². The molecule has 0 aliphatic rings. The van der Waals surface area contributed by atoms with Crippen LogP contribution in [0.3, 0.4) is 0 Å². The summed E-state index contributed by atoms with van der Waals surface area (Å²) in [6, 6.07) is 0. The van der Waals surface area contributed by atoms with Crippen LogP contribution in [0.25, 0.3) is 0 Å². The Balaban J connectivity index is 3.84. The zero-order valence-corrected chi connectivity index (χ0v) is 13.2. The first-order chi connectivity index (χ1) is 9.76. The molecule has 0 radical (unpaired) electrons. The molecule has 0 atom stereocenters. The minimum Gasteiger partial charge on any atom is -0.504 e. The van der Waals surface area contributed by atoms with Gasteiger partial charge in [0.25, 0.3) is 0 Å². The topological polar surface area (TPSA) is 85.2 Å². The summed E-state index contributed by atoms with van der Waals surface area (Å²) >= 11 is 0. The van der Waals surface area contributed by atoms with E-state index in [1.54, 1.807) is 0 Å². The van der Waals surface area contributed by atoms with Gasteiger partial charge in [0.05, 0.1) is 14.2 Å². The lowest BCUT2D eigenvalue weighted by molar-refractivity contribution is 0.142. The van der Waals surface area contributed by atoms with Crippen molar-refractivity contribution in [2.24, 2.45) is 0 Å². The Morgan fingerprint density at radius 1 is 0.905 bits per heavy atom. The summed E-state index contributed by atoms with van der Waals surface area (Å²) in [6.45, 7) is 7.41. The third-order valence-corrected chi connectivity index (χ3v) is 3.16. The maximum absolute atomic E-state index is 10.9. The number of rotatable bonds is 5. The average Bonchev–Trinajstić information content (AvgIpc) is 2.38. The molecule has 6 heteroatoms. The fraction of sp³-hybridized carbons (Fsp3) is 0.533. The number of phenolic OH excluding ortho intramolecular Hbond substituents is 1. The molecule has 0 heterocycles. The molecule has 0 aromatic heterocycles. The third-order valence-electron chi connectivity index (χ3n) is 3.16. The van der Waals surface area contributed by atoms with Gasteiger partial charge in [-0.3, -0.25) is 0 Å². The van der Waals surface area contributed by atoms with Crippen molar-refractivity contribution in [1.82, 2.24) is 0 Å². The van der Waals surface area contributed by atoms with Crippen LogP contribution < -0.4 is 14.2 Å². The van der Waals surface area contributed by atoms with Gasteiger partial charge in [-0.25, -0.2) is 4.79 Å². The normalized spacial score (nSPS) is 10.9. The smallest absolute Gasteiger partial charge is 0.504 e. The number of benzene rings is 1. The van der Waals surface area contributed by atoms with E-state index >= 15 is 0 Å². The van der Waals surface area contributed by atoms with E-state index in [1.807, 2.05) is 27.7 Å². The molecule has 0 fully saturated rings. The lowest BCUT2D eigenvalue weighted by Gasteiger charge is -2.24. The van der Waals surface area contributed by atoms with Gasteiger partial charge in [-0.15, -0.1) is 0 Å². The summed E-state index contributed by atoms with van der Waals surface area (Å²) in [5.41, 5.74) is 0.911. The SMILES string of the molecule is COc1c(OC)c(C(C)C)c(OC(=O)O)c(O)c1C(C)C. The molecule has 1 aromatic rings. The van der Waals surface area contributed by atoms with Gasteiger partial charge in [0, 0.05) is 11.1 Å². The van der Waals surface area contributed by atoms with Gasteiger partial charge in [-0.1, -0.05) is 27.7 Å². The summed E-state index contributed by atoms with van der Waals surface area (Å²) in [5.74, 6) is 0.214. The van der Waals surface area contributed by atoms with Crippen LogP contribution >= 0.6 is 0 Å². The van der Waals surface area contributed by atoms with Crippen molar-refractivity contribution in [3.63, 3.8) is 0 Å². The third kappa shape index (κ3) is 3.15. The molecular weight excluding hydrogens is 276 g/mol. The molecule has 0 unspecified atom stereocenters. The van der Waals surface area contributed by atoms with Crippen LogP contribution in [0, 0.1) is 0 Å². The molecule has 0 amide bonds. The van der Waals surface area contributed by atoms with Crippen LogP contribution in [0.4, 0.5) is 4.79 Å². The fourth-order valence-corrected chi connectivity index (χ4v) is 2.36. The highest BCUT2D eigenvalue weighted by atomic mass is 16.7. The number of phenols is 1. The second-order valence-electron chi connectivity index (χ2n) is 5.25. The first kappa shape index (κ1) is 16.9. The predicted octanol–water partition coefficient (Wildman–Crippen LogP) is 3.71. The van der Waals surface area contributed by atoms with Gasteiger partial charge in [0.1, 0.15) is 0 Å². The number of hydrogen-bond donors (Lipinski definition) is 2. The van der Waals surface area contributed by atoms with Crippen molar-refractivity contribution in [3.05, 3.63) is 11.1 Å². The second-order valence-corrected chi connectivity index (χ2v) is 5.25. The lowest BCUT2D eigenvalue weighted by Crippen LogP contribution is -2.10. The number of ether oxygens (including phenoxy) is 3. The molecule has 0 spiro atoms. The Labute approximate surface area is 124 Å². The van der Waals surface area contributed by atoms with Crippen LogP contribution in [0.5, 0.6) is 23.0 Å². The van der Waals surface area contributed by atoms with Crippen molar-refractivity contribution < 1.29 is 29.2 Å². The summed E-state index contributed by atoms with van der Waals surface area (Å²) in [4.78, 5) is 10.9. The Bertz CT molecular complexity index is 534. The maximum atomic E-state index is 10.9. The maximum Gasteiger partial charge on any atom is 0.511 e. The van der Waals surface area contributed by atoms with Crippen LogP contribution in [-0.4, -0.2) is 30.6 Å². The van der Waals surface area contributed by atoms with Crippen LogP contribution in [-0.2, 0) is 0 Å². The molecule has 1 aromatic carbocycles. The van der Waals surface area contributed by atoms with E-state index in [2.05, 4.69) is 0 Å². The minimum atomic E-state index is -1.49. The number of carbonyl (C=O) groups is 1. The van der Waals surface area contributed by atoms with Crippen molar-refractivity contribution in [2.45, 2.75) is 39.5 Å². The highest BCUT2D eigenvalue weighted by Gasteiger charge is 2.30. The fourth-order valence-electron chi connectivity index (χ4n) is 2.36. The molecule has 0 aliphatic heterocycles. The number of carboxylic acid groups (broad SMARTS) is 1. The first-order valence-corrected chi connectivity index (χ1v) is 6.67. The minimum absolute atomic E-state index is 0.0983. The van der Waals surface area contributed by atoms with E-state index in [-0.39, 0.29) is 23.3 Å². The second kappa shape index (κ2) is 6.56. The zero-order valence-electron chi connectivity index (χ0n) is 13.2. The zero-order chi connectivity index (χ0) is 16.3. The average molecular weight is 298 g/mol. The van der Waals surface area contributed by atoms with E-state index in [0.717, 1.165) is 0 Å². The molecule has 0 saturated heterocycles. The van der Waals surface area contributed by atoms with Gasteiger partial charge in [0.2, 0.25) is 0 Å². The Kier molecular flexibility index (Phi) is 5.29. The number of aromatic hydroxyl groups is 1. The highest BCUT2D eigenvalue weighted by Crippen LogP contribution is 2.53. The Hall–Kier alpha value is -2.11. The molecule has 0 bridgehead atoms. The van der Waals surface area contributed by atoms with Crippen molar-refractivity contribution in [1.29, 1.82) is 0 Å². The highest BCUT2D eigenvalue weighted by molar-refractivity contribution is 5.72. The van der Waals surface area contributed by atoms with Crippen molar-refractivity contribution in [3.8, 4) is 23.0 Å². The summed E-state index contributed by atoms with van der Waals surface area (Å²) in [6.07, 6.45) is -1.49. The number of methoxy groups -OCH3 is 2. The summed E-state index contributed by atoms with van der Waals surface area (Å²) in [5, 5.41) is 19.4. The van der Waals surface area contributed by atoms with Gasteiger partial charge < -0.3 is 24.4 Å². The van der Waals surface area contributed by atoms with Gasteiger partial charge in [0.15, 0.2) is 23.0 Å². The molecule has 0 saturated carbocycles. The Morgan fingerprint density at radius 3 is 1.67 bits per heavy atom. The monoisotopic (exact) mass is 298 g/mol. The molecule has 0 aliphatic carbocycles. The van der Waals surface area contributed by atoms with Crippen LogP contribution in [0.2, 0.25) is 0 Å². The quantitative estimate of drug-likeness (QED) is 0.636. The molecule has 1 rings (SSSR count).